The summed E-state index contributed by atoms with van der Waals surface area (Å²) < 4.78 is 1.76. The molecule has 2 aromatic heterocycles. The molecule has 86 valence electrons. The van der Waals surface area contributed by atoms with Crippen LogP contribution in [0.25, 0.3) is 0 Å². The third kappa shape index (κ3) is 3.36. The summed E-state index contributed by atoms with van der Waals surface area (Å²) in [5, 5.41) is 19.6. The topological polar surface area (TPSA) is 79.4 Å². The van der Waals surface area contributed by atoms with Crippen LogP contribution in [0.5, 0.6) is 0 Å². The first-order valence-electron chi connectivity index (χ1n) is 5.28. The van der Waals surface area contributed by atoms with E-state index < -0.39 is 0 Å². The van der Waals surface area contributed by atoms with E-state index in [9.17, 15) is 0 Å². The highest BCUT2D eigenvalue weighted by molar-refractivity contribution is 5.25. The number of aromatic nitrogens is 4. The van der Waals surface area contributed by atoms with Gasteiger partial charge in [-0.1, -0.05) is 5.21 Å². The molecule has 6 nitrogen and oxygen atoms in total. The van der Waals surface area contributed by atoms with Crippen LogP contribution in [0.4, 0.5) is 0 Å². The third-order valence-electron chi connectivity index (χ3n) is 2.26. The van der Waals surface area contributed by atoms with Crippen LogP contribution >= 0.6 is 0 Å². The van der Waals surface area contributed by atoms with Gasteiger partial charge < -0.3 is 5.32 Å². The molecule has 0 bridgehead atoms. The number of pyridine rings is 1. The van der Waals surface area contributed by atoms with Crippen LogP contribution in [0, 0.1) is 11.3 Å². The van der Waals surface area contributed by atoms with Crippen molar-refractivity contribution in [1.29, 1.82) is 5.26 Å². The van der Waals surface area contributed by atoms with E-state index in [1.807, 2.05) is 18.3 Å². The summed E-state index contributed by atoms with van der Waals surface area (Å²) in [6, 6.07) is 5.69. The number of hydrogen-bond acceptors (Lipinski definition) is 5. The molecular formula is C11H12N6. The van der Waals surface area contributed by atoms with Gasteiger partial charge in [-0.2, -0.15) is 5.26 Å². The summed E-state index contributed by atoms with van der Waals surface area (Å²) >= 11 is 0. The summed E-state index contributed by atoms with van der Waals surface area (Å²) in [4.78, 5) is 3.92. The quantitative estimate of drug-likeness (QED) is 0.746. The fourth-order valence-corrected chi connectivity index (χ4v) is 1.42. The van der Waals surface area contributed by atoms with E-state index in [1.54, 1.807) is 23.1 Å². The van der Waals surface area contributed by atoms with Gasteiger partial charge in [0.15, 0.2) is 0 Å². The van der Waals surface area contributed by atoms with E-state index in [2.05, 4.69) is 20.6 Å². The lowest BCUT2D eigenvalue weighted by Gasteiger charge is -2.04. The lowest BCUT2D eigenvalue weighted by atomic mass is 10.2. The second-order valence-corrected chi connectivity index (χ2v) is 3.50. The fourth-order valence-electron chi connectivity index (χ4n) is 1.42. The van der Waals surface area contributed by atoms with Crippen molar-refractivity contribution < 1.29 is 0 Å². The Balaban J connectivity index is 1.76. The highest BCUT2D eigenvalue weighted by Crippen LogP contribution is 1.99. The third-order valence-corrected chi connectivity index (χ3v) is 2.26. The molecule has 0 spiro atoms. The summed E-state index contributed by atoms with van der Waals surface area (Å²) in [6.45, 7) is 2.29. The Morgan fingerprint density at radius 1 is 1.41 bits per heavy atom. The van der Waals surface area contributed by atoms with E-state index in [0.29, 0.717) is 12.2 Å². The van der Waals surface area contributed by atoms with Gasteiger partial charge in [0.05, 0.1) is 12.7 Å². The van der Waals surface area contributed by atoms with Gasteiger partial charge in [-0.3, -0.25) is 4.68 Å². The maximum atomic E-state index is 8.71. The predicted molar refractivity (Wildman–Crippen MR) is 60.7 cm³/mol. The Morgan fingerprint density at radius 3 is 3.12 bits per heavy atom. The zero-order valence-corrected chi connectivity index (χ0v) is 9.24. The number of hydrogen-bond donors (Lipinski definition) is 1. The van der Waals surface area contributed by atoms with Crippen LogP contribution < -0.4 is 5.32 Å². The largest absolute Gasteiger partial charge is 0.311 e. The van der Waals surface area contributed by atoms with E-state index in [-0.39, 0.29) is 0 Å². The SMILES string of the molecule is N#Cc1cc(CNCCn2ccnn2)ccn1. The first-order valence-corrected chi connectivity index (χ1v) is 5.28. The van der Waals surface area contributed by atoms with Gasteiger partial charge >= 0.3 is 0 Å². The van der Waals surface area contributed by atoms with Crippen molar-refractivity contribution in [3.05, 3.63) is 42.0 Å². The average Bonchev–Trinajstić information content (AvgIpc) is 2.88. The maximum absolute atomic E-state index is 8.71. The molecule has 0 saturated carbocycles. The molecule has 0 radical (unpaired) electrons. The molecule has 2 rings (SSSR count). The lowest BCUT2D eigenvalue weighted by molar-refractivity contribution is 0.540. The van der Waals surface area contributed by atoms with Crippen molar-refractivity contribution >= 4 is 0 Å². The molecule has 0 aliphatic carbocycles. The van der Waals surface area contributed by atoms with Crippen molar-refractivity contribution in [2.45, 2.75) is 13.1 Å². The highest BCUT2D eigenvalue weighted by atomic mass is 15.4. The minimum atomic E-state index is 0.445. The van der Waals surface area contributed by atoms with Gasteiger partial charge in [-0.15, -0.1) is 5.10 Å². The molecule has 0 aliphatic heterocycles. The highest BCUT2D eigenvalue weighted by Gasteiger charge is 1.96. The molecule has 0 saturated heterocycles. The smallest absolute Gasteiger partial charge is 0.140 e. The molecular weight excluding hydrogens is 216 g/mol. The van der Waals surface area contributed by atoms with Gasteiger partial charge in [-0.25, -0.2) is 4.98 Å². The minimum Gasteiger partial charge on any atom is -0.311 e. The summed E-state index contributed by atoms with van der Waals surface area (Å²) in [7, 11) is 0. The molecule has 0 aliphatic rings. The molecule has 0 atom stereocenters. The van der Waals surface area contributed by atoms with Gasteiger partial charge in [-0.05, 0) is 17.7 Å². The van der Waals surface area contributed by atoms with Crippen molar-refractivity contribution in [3.8, 4) is 6.07 Å². The van der Waals surface area contributed by atoms with Crippen molar-refractivity contribution in [2.24, 2.45) is 0 Å². The lowest BCUT2D eigenvalue weighted by Crippen LogP contribution is -2.19. The first-order chi connectivity index (χ1) is 8.38. The molecule has 17 heavy (non-hydrogen) atoms. The standard InChI is InChI=1S/C11H12N6/c12-8-11-7-10(1-2-14-11)9-13-3-5-17-6-4-15-16-17/h1-2,4,6-7,13H,3,5,9H2. The predicted octanol–water partition coefficient (Wildman–Crippen LogP) is 0.335. The molecule has 0 aromatic carbocycles. The molecule has 0 fully saturated rings. The van der Waals surface area contributed by atoms with Gasteiger partial charge in [0.1, 0.15) is 11.8 Å². The summed E-state index contributed by atoms with van der Waals surface area (Å²) in [5.74, 6) is 0. The molecule has 6 heteroatoms. The number of nitriles is 1. The second kappa shape index (κ2) is 5.72. The van der Waals surface area contributed by atoms with Crippen LogP contribution in [-0.4, -0.2) is 26.5 Å². The summed E-state index contributed by atoms with van der Waals surface area (Å²) in [6.07, 6.45) is 5.12. The number of nitrogens with one attached hydrogen (secondary N) is 1. The Labute approximate surface area is 98.9 Å². The fraction of sp³-hybridized carbons (Fsp3) is 0.273. The van der Waals surface area contributed by atoms with E-state index in [4.69, 9.17) is 5.26 Å². The average molecular weight is 228 g/mol. The van der Waals surface area contributed by atoms with Crippen LogP contribution in [0.1, 0.15) is 11.3 Å². The van der Waals surface area contributed by atoms with E-state index >= 15 is 0 Å². The maximum Gasteiger partial charge on any atom is 0.140 e. The first kappa shape index (κ1) is 11.2. The van der Waals surface area contributed by atoms with Crippen molar-refractivity contribution in [3.63, 3.8) is 0 Å². The zero-order chi connectivity index (χ0) is 11.9. The molecule has 0 unspecified atom stereocenters. The molecule has 1 N–H and O–H groups in total. The molecule has 2 heterocycles. The van der Waals surface area contributed by atoms with E-state index in [1.165, 1.54) is 0 Å². The van der Waals surface area contributed by atoms with Gasteiger partial charge in [0.25, 0.3) is 0 Å². The Hall–Kier alpha value is -2.26. The number of nitrogens with zero attached hydrogens (tertiary/aromatic N) is 5. The Bertz CT molecular complexity index is 499. The van der Waals surface area contributed by atoms with E-state index in [0.717, 1.165) is 18.7 Å². The zero-order valence-electron chi connectivity index (χ0n) is 9.24. The van der Waals surface area contributed by atoms with Gasteiger partial charge in [0, 0.05) is 25.5 Å². The minimum absolute atomic E-state index is 0.445. The van der Waals surface area contributed by atoms with Crippen LogP contribution in [0.2, 0.25) is 0 Å². The van der Waals surface area contributed by atoms with Crippen molar-refractivity contribution in [2.75, 3.05) is 6.54 Å². The van der Waals surface area contributed by atoms with Crippen LogP contribution in [-0.2, 0) is 13.1 Å². The van der Waals surface area contributed by atoms with Crippen LogP contribution in [0.15, 0.2) is 30.7 Å². The number of rotatable bonds is 5. The Kier molecular flexibility index (Phi) is 3.78. The van der Waals surface area contributed by atoms with Crippen LogP contribution in [0.3, 0.4) is 0 Å². The monoisotopic (exact) mass is 228 g/mol. The normalized spacial score (nSPS) is 10.1. The Morgan fingerprint density at radius 2 is 2.35 bits per heavy atom. The second-order valence-electron chi connectivity index (χ2n) is 3.50. The van der Waals surface area contributed by atoms with Gasteiger partial charge in [0.2, 0.25) is 0 Å². The summed E-state index contributed by atoms with van der Waals surface area (Å²) in [5.41, 5.74) is 1.50. The molecule has 2 aromatic rings. The molecule has 0 amide bonds. The van der Waals surface area contributed by atoms with Crippen molar-refractivity contribution in [1.82, 2.24) is 25.3 Å².